The molecule has 21 heavy (non-hydrogen) atoms. The standard InChI is InChI=1S/C15H22N2O3S/c1-11-7-5-6-8-13(11)21(19,20)16-12-9-14(18)17(10-12)15(2,3)4/h5-8,12,16H,9-10H2,1-4H3. The van der Waals surface area contributed by atoms with E-state index in [-0.39, 0.29) is 28.8 Å². The van der Waals surface area contributed by atoms with Crippen LogP contribution < -0.4 is 4.72 Å². The molecule has 1 amide bonds. The van der Waals surface area contributed by atoms with Gasteiger partial charge in [-0.1, -0.05) is 18.2 Å². The van der Waals surface area contributed by atoms with Gasteiger partial charge in [0.15, 0.2) is 0 Å². The molecule has 1 atom stereocenters. The van der Waals surface area contributed by atoms with Gasteiger partial charge in [-0.2, -0.15) is 0 Å². The van der Waals surface area contributed by atoms with Crippen LogP contribution in [0.25, 0.3) is 0 Å². The third-order valence-electron chi connectivity index (χ3n) is 3.64. The highest BCUT2D eigenvalue weighted by Crippen LogP contribution is 2.23. The van der Waals surface area contributed by atoms with Crippen molar-refractivity contribution in [2.24, 2.45) is 0 Å². The fourth-order valence-electron chi connectivity index (χ4n) is 2.58. The van der Waals surface area contributed by atoms with Crippen molar-refractivity contribution in [2.75, 3.05) is 6.54 Å². The van der Waals surface area contributed by atoms with Gasteiger partial charge < -0.3 is 4.90 Å². The molecule has 1 aromatic carbocycles. The molecule has 1 heterocycles. The normalized spacial score (nSPS) is 20.1. The van der Waals surface area contributed by atoms with Crippen LogP contribution in [0.15, 0.2) is 29.2 Å². The predicted octanol–water partition coefficient (Wildman–Crippen LogP) is 1.67. The predicted molar refractivity (Wildman–Crippen MR) is 81.4 cm³/mol. The van der Waals surface area contributed by atoms with E-state index in [1.165, 1.54) is 0 Å². The molecule has 1 fully saturated rings. The number of amides is 1. The summed E-state index contributed by atoms with van der Waals surface area (Å²) in [6.07, 6.45) is 0.211. The highest BCUT2D eigenvalue weighted by molar-refractivity contribution is 7.89. The van der Waals surface area contributed by atoms with Gasteiger partial charge >= 0.3 is 0 Å². The summed E-state index contributed by atoms with van der Waals surface area (Å²) >= 11 is 0. The minimum Gasteiger partial charge on any atom is -0.336 e. The minimum atomic E-state index is -3.60. The first-order valence-corrected chi connectivity index (χ1v) is 8.48. The molecule has 5 nitrogen and oxygen atoms in total. The maximum absolute atomic E-state index is 12.4. The average Bonchev–Trinajstić information content (AvgIpc) is 2.69. The molecule has 0 aliphatic carbocycles. The number of carbonyl (C=O) groups is 1. The van der Waals surface area contributed by atoms with Crippen molar-refractivity contribution in [3.05, 3.63) is 29.8 Å². The molecule has 0 spiro atoms. The average molecular weight is 310 g/mol. The van der Waals surface area contributed by atoms with Crippen LogP contribution in [0, 0.1) is 6.92 Å². The number of likely N-dealkylation sites (tertiary alicyclic amines) is 1. The Labute approximate surface area is 126 Å². The lowest BCUT2D eigenvalue weighted by Crippen LogP contribution is -2.44. The molecule has 1 aliphatic heterocycles. The Morgan fingerprint density at radius 2 is 1.86 bits per heavy atom. The van der Waals surface area contributed by atoms with Crippen molar-refractivity contribution in [3.63, 3.8) is 0 Å². The Balaban J connectivity index is 2.17. The zero-order valence-corrected chi connectivity index (χ0v) is 13.7. The summed E-state index contributed by atoms with van der Waals surface area (Å²) in [5.41, 5.74) is 0.405. The second-order valence-electron chi connectivity index (χ2n) is 6.46. The molecule has 0 saturated carbocycles. The first-order chi connectivity index (χ1) is 9.61. The third-order valence-corrected chi connectivity index (χ3v) is 5.32. The number of sulfonamides is 1. The zero-order valence-electron chi connectivity index (χ0n) is 12.9. The topological polar surface area (TPSA) is 66.5 Å². The van der Waals surface area contributed by atoms with Gasteiger partial charge in [-0.25, -0.2) is 13.1 Å². The van der Waals surface area contributed by atoms with Crippen molar-refractivity contribution in [1.82, 2.24) is 9.62 Å². The van der Waals surface area contributed by atoms with Crippen LogP contribution in [-0.2, 0) is 14.8 Å². The Bertz CT molecular complexity index is 647. The van der Waals surface area contributed by atoms with Gasteiger partial charge in [0.1, 0.15) is 0 Å². The van der Waals surface area contributed by atoms with E-state index in [2.05, 4.69) is 4.72 Å². The van der Waals surface area contributed by atoms with Crippen molar-refractivity contribution < 1.29 is 13.2 Å². The second-order valence-corrected chi connectivity index (χ2v) is 8.15. The summed E-state index contributed by atoms with van der Waals surface area (Å²) < 4.78 is 27.5. The van der Waals surface area contributed by atoms with Gasteiger partial charge in [0.2, 0.25) is 15.9 Å². The summed E-state index contributed by atoms with van der Waals surface area (Å²) in [5, 5.41) is 0. The van der Waals surface area contributed by atoms with Crippen molar-refractivity contribution in [3.8, 4) is 0 Å². The Hall–Kier alpha value is -1.40. The minimum absolute atomic E-state index is 0.0139. The fourth-order valence-corrected chi connectivity index (χ4v) is 4.05. The van der Waals surface area contributed by atoms with Crippen LogP contribution in [0.4, 0.5) is 0 Å². The molecule has 6 heteroatoms. The first-order valence-electron chi connectivity index (χ1n) is 7.00. The number of carbonyl (C=O) groups excluding carboxylic acids is 1. The summed E-state index contributed by atoms with van der Waals surface area (Å²) in [7, 11) is -3.60. The highest BCUT2D eigenvalue weighted by Gasteiger charge is 2.38. The van der Waals surface area contributed by atoms with E-state index in [1.807, 2.05) is 20.8 Å². The summed E-state index contributed by atoms with van der Waals surface area (Å²) in [4.78, 5) is 14.0. The van der Waals surface area contributed by atoms with Crippen molar-refractivity contribution in [2.45, 2.75) is 50.6 Å². The maximum atomic E-state index is 12.4. The maximum Gasteiger partial charge on any atom is 0.241 e. The smallest absolute Gasteiger partial charge is 0.241 e. The molecule has 116 valence electrons. The third kappa shape index (κ3) is 3.44. The van der Waals surface area contributed by atoms with E-state index < -0.39 is 10.0 Å². The van der Waals surface area contributed by atoms with Crippen LogP contribution in [0.2, 0.25) is 0 Å². The van der Waals surface area contributed by atoms with Crippen LogP contribution in [0.1, 0.15) is 32.8 Å². The van der Waals surface area contributed by atoms with E-state index in [9.17, 15) is 13.2 Å². The Morgan fingerprint density at radius 1 is 1.24 bits per heavy atom. The number of hydrogen-bond acceptors (Lipinski definition) is 3. The summed E-state index contributed by atoms with van der Waals surface area (Å²) in [6, 6.07) is 6.46. The number of hydrogen-bond donors (Lipinski definition) is 1. The number of benzene rings is 1. The van der Waals surface area contributed by atoms with Crippen LogP contribution >= 0.6 is 0 Å². The lowest BCUT2D eigenvalue weighted by Gasteiger charge is -2.32. The van der Waals surface area contributed by atoms with Crippen LogP contribution in [-0.4, -0.2) is 37.4 Å². The van der Waals surface area contributed by atoms with Gasteiger partial charge in [-0.05, 0) is 39.3 Å². The van der Waals surface area contributed by atoms with E-state index in [1.54, 1.807) is 36.1 Å². The molecule has 2 rings (SSSR count). The first kappa shape index (κ1) is 16.0. The van der Waals surface area contributed by atoms with Crippen molar-refractivity contribution in [1.29, 1.82) is 0 Å². The SMILES string of the molecule is Cc1ccccc1S(=O)(=O)NC1CC(=O)N(C(C)(C)C)C1. The van der Waals surface area contributed by atoms with Gasteiger partial charge in [-0.15, -0.1) is 0 Å². The summed E-state index contributed by atoms with van der Waals surface area (Å²) in [5.74, 6) is -0.0139. The van der Waals surface area contributed by atoms with Gasteiger partial charge in [0.05, 0.1) is 4.90 Å². The number of aryl methyl sites for hydroxylation is 1. The number of nitrogens with one attached hydrogen (secondary N) is 1. The molecule has 1 saturated heterocycles. The molecule has 0 bridgehead atoms. The largest absolute Gasteiger partial charge is 0.336 e. The van der Waals surface area contributed by atoms with E-state index in [0.29, 0.717) is 12.1 Å². The molecule has 1 N–H and O–H groups in total. The molecule has 0 radical (unpaired) electrons. The van der Waals surface area contributed by atoms with E-state index in [4.69, 9.17) is 0 Å². The second kappa shape index (κ2) is 5.42. The molecular weight excluding hydrogens is 288 g/mol. The number of nitrogens with zero attached hydrogens (tertiary/aromatic N) is 1. The van der Waals surface area contributed by atoms with Crippen LogP contribution in [0.3, 0.4) is 0 Å². The Kier molecular flexibility index (Phi) is 4.13. The molecule has 1 aliphatic rings. The monoisotopic (exact) mass is 310 g/mol. The zero-order chi connectivity index (χ0) is 15.8. The van der Waals surface area contributed by atoms with Crippen LogP contribution in [0.5, 0.6) is 0 Å². The quantitative estimate of drug-likeness (QED) is 0.923. The summed E-state index contributed by atoms with van der Waals surface area (Å²) in [6.45, 7) is 8.01. The molecule has 1 unspecified atom stereocenters. The van der Waals surface area contributed by atoms with E-state index in [0.717, 1.165) is 0 Å². The highest BCUT2D eigenvalue weighted by atomic mass is 32.2. The van der Waals surface area contributed by atoms with E-state index >= 15 is 0 Å². The van der Waals surface area contributed by atoms with Crippen molar-refractivity contribution >= 4 is 15.9 Å². The molecule has 0 aromatic heterocycles. The van der Waals surface area contributed by atoms with Gasteiger partial charge in [0.25, 0.3) is 0 Å². The lowest BCUT2D eigenvalue weighted by atomic mass is 10.1. The number of rotatable bonds is 3. The Morgan fingerprint density at radius 3 is 2.38 bits per heavy atom. The molecular formula is C15H22N2O3S. The van der Waals surface area contributed by atoms with Gasteiger partial charge in [-0.3, -0.25) is 4.79 Å². The lowest BCUT2D eigenvalue weighted by molar-refractivity contribution is -0.131. The van der Waals surface area contributed by atoms with Gasteiger partial charge in [0, 0.05) is 24.5 Å². The fraction of sp³-hybridized carbons (Fsp3) is 0.533. The molecule has 1 aromatic rings.